The predicted molar refractivity (Wildman–Crippen MR) is 71.6 cm³/mol. The van der Waals surface area contributed by atoms with E-state index in [9.17, 15) is 9.90 Å². The molecule has 5 heteroatoms. The van der Waals surface area contributed by atoms with E-state index >= 15 is 0 Å². The van der Waals surface area contributed by atoms with Crippen molar-refractivity contribution in [1.82, 2.24) is 10.6 Å². The maximum absolute atomic E-state index is 11.9. The van der Waals surface area contributed by atoms with Crippen molar-refractivity contribution in [3.05, 3.63) is 24.2 Å². The molecule has 19 heavy (non-hydrogen) atoms. The lowest BCUT2D eigenvalue weighted by Gasteiger charge is -2.31. The topological polar surface area (TPSA) is 74.5 Å². The van der Waals surface area contributed by atoms with E-state index in [0.29, 0.717) is 0 Å². The van der Waals surface area contributed by atoms with Crippen molar-refractivity contribution >= 4 is 6.03 Å². The van der Waals surface area contributed by atoms with Crippen molar-refractivity contribution in [2.75, 3.05) is 6.61 Å². The second-order valence-electron chi connectivity index (χ2n) is 5.19. The van der Waals surface area contributed by atoms with Gasteiger partial charge in [-0.3, -0.25) is 0 Å². The van der Waals surface area contributed by atoms with E-state index < -0.39 is 0 Å². The van der Waals surface area contributed by atoms with Gasteiger partial charge in [0.15, 0.2) is 0 Å². The Morgan fingerprint density at radius 3 is 3.00 bits per heavy atom. The Balaban J connectivity index is 1.83. The highest BCUT2D eigenvalue weighted by Gasteiger charge is 2.26. The van der Waals surface area contributed by atoms with E-state index in [1.807, 2.05) is 13.0 Å². The van der Waals surface area contributed by atoms with E-state index in [1.165, 1.54) is 0 Å². The molecule has 1 saturated carbocycles. The molecule has 0 radical (unpaired) electrons. The number of amides is 2. The minimum atomic E-state index is -0.200. The first-order valence-corrected chi connectivity index (χ1v) is 6.92. The Kier molecular flexibility index (Phi) is 4.85. The normalized spacial score (nSPS) is 24.7. The van der Waals surface area contributed by atoms with Crippen LogP contribution in [0.2, 0.25) is 0 Å². The number of furan rings is 1. The standard InChI is InChI=1S/C14H22N2O3/c1-10(13-7-4-8-19-13)15-14(18)16-12-6-3-2-5-11(12)9-17/h4,7-8,10-12,17H,2-3,5-6,9H2,1H3,(H2,15,16,18). The quantitative estimate of drug-likeness (QED) is 0.782. The van der Waals surface area contributed by atoms with Gasteiger partial charge in [-0.1, -0.05) is 12.8 Å². The van der Waals surface area contributed by atoms with E-state index in [2.05, 4.69) is 10.6 Å². The molecule has 2 rings (SSSR count). The molecule has 1 aromatic rings. The zero-order valence-corrected chi connectivity index (χ0v) is 11.3. The molecule has 2 amide bonds. The van der Waals surface area contributed by atoms with Gasteiger partial charge in [0.25, 0.3) is 0 Å². The first kappa shape index (κ1) is 13.9. The molecule has 0 bridgehead atoms. The lowest BCUT2D eigenvalue weighted by molar-refractivity contribution is 0.153. The first-order chi connectivity index (χ1) is 9.20. The summed E-state index contributed by atoms with van der Waals surface area (Å²) in [6.45, 7) is 2.02. The molecule has 0 saturated heterocycles. The third-order valence-electron chi connectivity index (χ3n) is 3.78. The maximum atomic E-state index is 11.9. The van der Waals surface area contributed by atoms with Crippen molar-refractivity contribution in [1.29, 1.82) is 0 Å². The van der Waals surface area contributed by atoms with Gasteiger partial charge >= 0.3 is 6.03 Å². The van der Waals surface area contributed by atoms with Crippen molar-refractivity contribution in [2.45, 2.75) is 44.7 Å². The van der Waals surface area contributed by atoms with Gasteiger partial charge in [-0.2, -0.15) is 0 Å². The van der Waals surface area contributed by atoms with Crippen LogP contribution in [0.15, 0.2) is 22.8 Å². The van der Waals surface area contributed by atoms with Crippen molar-refractivity contribution in [2.24, 2.45) is 5.92 Å². The lowest BCUT2D eigenvalue weighted by Crippen LogP contribution is -2.48. The monoisotopic (exact) mass is 266 g/mol. The van der Waals surface area contributed by atoms with E-state index in [1.54, 1.807) is 12.3 Å². The SMILES string of the molecule is CC(NC(=O)NC1CCCCC1CO)c1ccco1. The number of carbonyl (C=O) groups is 1. The summed E-state index contributed by atoms with van der Waals surface area (Å²) in [6.07, 6.45) is 5.75. The second-order valence-corrected chi connectivity index (χ2v) is 5.19. The average molecular weight is 266 g/mol. The summed E-state index contributed by atoms with van der Waals surface area (Å²) in [4.78, 5) is 11.9. The number of hydrogen-bond donors (Lipinski definition) is 3. The second kappa shape index (κ2) is 6.61. The zero-order valence-electron chi connectivity index (χ0n) is 11.3. The summed E-state index contributed by atoms with van der Waals surface area (Å²) in [6, 6.07) is 3.35. The molecular weight excluding hydrogens is 244 g/mol. The molecule has 1 aliphatic rings. The number of aliphatic hydroxyl groups excluding tert-OH is 1. The van der Waals surface area contributed by atoms with Crippen LogP contribution in [0.25, 0.3) is 0 Å². The summed E-state index contributed by atoms with van der Waals surface area (Å²) < 4.78 is 5.25. The number of aliphatic hydroxyl groups is 1. The highest BCUT2D eigenvalue weighted by molar-refractivity contribution is 5.74. The Bertz CT molecular complexity index is 391. The van der Waals surface area contributed by atoms with Crippen LogP contribution in [0.5, 0.6) is 0 Å². The third-order valence-corrected chi connectivity index (χ3v) is 3.78. The van der Waals surface area contributed by atoms with Crippen LogP contribution in [0, 0.1) is 5.92 Å². The number of nitrogens with one attached hydrogen (secondary N) is 2. The third kappa shape index (κ3) is 3.73. The van der Waals surface area contributed by atoms with Gasteiger partial charge in [-0.25, -0.2) is 4.79 Å². The molecule has 3 unspecified atom stereocenters. The van der Waals surface area contributed by atoms with Crippen LogP contribution >= 0.6 is 0 Å². The summed E-state index contributed by atoms with van der Waals surface area (Å²) in [7, 11) is 0. The number of hydrogen-bond acceptors (Lipinski definition) is 3. The van der Waals surface area contributed by atoms with Gasteiger partial charge in [0.1, 0.15) is 5.76 Å². The fourth-order valence-corrected chi connectivity index (χ4v) is 2.63. The van der Waals surface area contributed by atoms with Gasteiger partial charge in [-0.05, 0) is 31.9 Å². The summed E-state index contributed by atoms with van der Waals surface area (Å²) in [5.74, 6) is 0.913. The van der Waals surface area contributed by atoms with E-state index in [-0.39, 0.29) is 30.6 Å². The highest BCUT2D eigenvalue weighted by atomic mass is 16.3. The van der Waals surface area contributed by atoms with Gasteiger partial charge in [0.05, 0.1) is 12.3 Å². The molecule has 0 aliphatic heterocycles. The van der Waals surface area contributed by atoms with Gasteiger partial charge < -0.3 is 20.2 Å². The number of carbonyl (C=O) groups excluding carboxylic acids is 1. The van der Waals surface area contributed by atoms with Gasteiger partial charge in [-0.15, -0.1) is 0 Å². The lowest BCUT2D eigenvalue weighted by atomic mass is 9.85. The summed E-state index contributed by atoms with van der Waals surface area (Å²) >= 11 is 0. The summed E-state index contributed by atoms with van der Waals surface area (Å²) in [5, 5.41) is 15.1. The zero-order chi connectivity index (χ0) is 13.7. The minimum Gasteiger partial charge on any atom is -0.467 e. The maximum Gasteiger partial charge on any atom is 0.315 e. The Hall–Kier alpha value is -1.49. The Morgan fingerprint density at radius 1 is 1.53 bits per heavy atom. The molecule has 1 fully saturated rings. The van der Waals surface area contributed by atoms with Crippen LogP contribution < -0.4 is 10.6 Å². The van der Waals surface area contributed by atoms with Gasteiger partial charge in [0.2, 0.25) is 0 Å². The van der Waals surface area contributed by atoms with Crippen molar-refractivity contribution in [3.8, 4) is 0 Å². The molecule has 1 aliphatic carbocycles. The molecule has 1 aromatic heterocycles. The highest BCUT2D eigenvalue weighted by Crippen LogP contribution is 2.24. The van der Waals surface area contributed by atoms with E-state index in [0.717, 1.165) is 31.4 Å². The minimum absolute atomic E-state index is 0.0718. The molecule has 0 aromatic carbocycles. The number of rotatable bonds is 4. The first-order valence-electron chi connectivity index (χ1n) is 6.92. The van der Waals surface area contributed by atoms with Crippen LogP contribution in [-0.4, -0.2) is 23.8 Å². The van der Waals surface area contributed by atoms with Crippen LogP contribution in [0.3, 0.4) is 0 Å². The summed E-state index contributed by atoms with van der Waals surface area (Å²) in [5.41, 5.74) is 0. The molecule has 106 valence electrons. The van der Waals surface area contributed by atoms with Crippen LogP contribution in [0.1, 0.15) is 44.4 Å². The van der Waals surface area contributed by atoms with E-state index in [4.69, 9.17) is 4.42 Å². The molecule has 5 nitrogen and oxygen atoms in total. The van der Waals surface area contributed by atoms with Crippen LogP contribution in [0.4, 0.5) is 4.79 Å². The largest absolute Gasteiger partial charge is 0.467 e. The fraction of sp³-hybridized carbons (Fsp3) is 0.643. The molecule has 1 heterocycles. The van der Waals surface area contributed by atoms with Crippen molar-refractivity contribution in [3.63, 3.8) is 0 Å². The van der Waals surface area contributed by atoms with Crippen LogP contribution in [-0.2, 0) is 0 Å². The number of urea groups is 1. The molecule has 3 atom stereocenters. The predicted octanol–water partition coefficient (Wildman–Crippen LogP) is 2.19. The molecular formula is C14H22N2O3. The molecule has 3 N–H and O–H groups in total. The van der Waals surface area contributed by atoms with Crippen molar-refractivity contribution < 1.29 is 14.3 Å². The Morgan fingerprint density at radius 2 is 2.32 bits per heavy atom. The average Bonchev–Trinajstić information content (AvgIpc) is 2.93. The molecule has 0 spiro atoms. The fourth-order valence-electron chi connectivity index (χ4n) is 2.63. The Labute approximate surface area is 113 Å². The smallest absolute Gasteiger partial charge is 0.315 e. The van der Waals surface area contributed by atoms with Gasteiger partial charge in [0, 0.05) is 18.6 Å².